The van der Waals surface area contributed by atoms with Crippen molar-refractivity contribution in [2.75, 3.05) is 31.5 Å². The van der Waals surface area contributed by atoms with E-state index in [1.165, 1.54) is 19.3 Å². The molecule has 0 unspecified atom stereocenters. The number of para-hydroxylation sites is 1. The van der Waals surface area contributed by atoms with Gasteiger partial charge in [0.25, 0.3) is 0 Å². The maximum Gasteiger partial charge on any atom is 0.248 e. The average molecular weight is 370 g/mol. The predicted octanol–water partition coefficient (Wildman–Crippen LogP) is 3.27. The summed E-state index contributed by atoms with van der Waals surface area (Å²) in [6.45, 7) is 3.08. The molecule has 1 saturated carbocycles. The van der Waals surface area contributed by atoms with Crippen LogP contribution in [0.15, 0.2) is 30.3 Å². The molecule has 1 aromatic rings. The van der Waals surface area contributed by atoms with E-state index in [1.807, 2.05) is 40.1 Å². The fourth-order valence-corrected chi connectivity index (χ4v) is 4.73. The third-order valence-corrected chi connectivity index (χ3v) is 6.59. The summed E-state index contributed by atoms with van der Waals surface area (Å²) in [6.07, 6.45) is 8.17. The first-order chi connectivity index (χ1) is 13.2. The zero-order valence-electron chi connectivity index (χ0n) is 16.2. The normalized spacial score (nSPS) is 22.8. The van der Waals surface area contributed by atoms with Crippen molar-refractivity contribution in [3.8, 4) is 0 Å². The van der Waals surface area contributed by atoms with E-state index < -0.39 is 5.54 Å². The van der Waals surface area contributed by atoms with Gasteiger partial charge >= 0.3 is 0 Å². The zero-order valence-corrected chi connectivity index (χ0v) is 16.2. The lowest BCUT2D eigenvalue weighted by Gasteiger charge is -2.46. The van der Waals surface area contributed by atoms with Crippen LogP contribution in [0.4, 0.5) is 5.69 Å². The van der Waals surface area contributed by atoms with Gasteiger partial charge in [-0.15, -0.1) is 0 Å². The van der Waals surface area contributed by atoms with Crippen LogP contribution in [0.1, 0.15) is 51.4 Å². The maximum absolute atomic E-state index is 13.2. The Morgan fingerprint density at radius 3 is 2.11 bits per heavy atom. The van der Waals surface area contributed by atoms with Crippen molar-refractivity contribution in [3.63, 3.8) is 0 Å². The number of benzene rings is 1. The van der Waals surface area contributed by atoms with Gasteiger partial charge in [0.2, 0.25) is 11.8 Å². The summed E-state index contributed by atoms with van der Waals surface area (Å²) in [5.41, 5.74) is 0.406. The molecule has 2 saturated heterocycles. The highest BCUT2D eigenvalue weighted by Crippen LogP contribution is 2.33. The molecule has 5 nitrogen and oxygen atoms in total. The molecular weight excluding hydrogens is 338 g/mol. The Hall–Kier alpha value is -2.04. The summed E-state index contributed by atoms with van der Waals surface area (Å²) < 4.78 is 0. The molecule has 0 bridgehead atoms. The number of hydrogen-bond acceptors (Lipinski definition) is 3. The molecular formula is C22H31N3O2. The summed E-state index contributed by atoms with van der Waals surface area (Å²) in [6, 6.07) is 10.0. The number of anilines is 1. The first kappa shape index (κ1) is 18.3. The van der Waals surface area contributed by atoms with Crippen molar-refractivity contribution in [2.45, 2.75) is 56.9 Å². The molecule has 0 atom stereocenters. The van der Waals surface area contributed by atoms with E-state index in [4.69, 9.17) is 0 Å². The number of hydrogen-bond donors (Lipinski definition) is 1. The van der Waals surface area contributed by atoms with Gasteiger partial charge in [-0.05, 0) is 44.2 Å². The smallest absolute Gasteiger partial charge is 0.248 e. The van der Waals surface area contributed by atoms with E-state index >= 15 is 0 Å². The number of rotatable bonds is 4. The molecule has 2 heterocycles. The largest absolute Gasteiger partial charge is 0.371 e. The lowest BCUT2D eigenvalue weighted by atomic mass is 9.83. The maximum atomic E-state index is 13.2. The van der Waals surface area contributed by atoms with Gasteiger partial charge in [0.05, 0.1) is 0 Å². The molecule has 4 rings (SSSR count). The first-order valence-electron chi connectivity index (χ1n) is 10.6. The van der Waals surface area contributed by atoms with Crippen LogP contribution >= 0.6 is 0 Å². The molecule has 3 fully saturated rings. The standard InChI is InChI=1S/C22H31N3O2/c26-20(18-8-3-1-4-9-18)24-16-12-22(13-17-24,21(27)25-14-7-15-25)23-19-10-5-2-6-11-19/h2,5-6,10-11,18,23H,1,3-4,7-9,12-17H2. The van der Waals surface area contributed by atoms with Crippen molar-refractivity contribution in [2.24, 2.45) is 5.92 Å². The third-order valence-electron chi connectivity index (χ3n) is 6.59. The van der Waals surface area contributed by atoms with Gasteiger partial charge in [0.1, 0.15) is 5.54 Å². The first-order valence-corrected chi connectivity index (χ1v) is 10.6. The lowest BCUT2D eigenvalue weighted by Crippen LogP contribution is -2.62. The molecule has 5 heteroatoms. The van der Waals surface area contributed by atoms with Gasteiger partial charge in [-0.1, -0.05) is 37.5 Å². The molecule has 1 N–H and O–H groups in total. The van der Waals surface area contributed by atoms with Crippen LogP contribution in [0.25, 0.3) is 0 Å². The van der Waals surface area contributed by atoms with Gasteiger partial charge < -0.3 is 15.1 Å². The lowest BCUT2D eigenvalue weighted by molar-refractivity contribution is -0.145. The van der Waals surface area contributed by atoms with E-state index in [9.17, 15) is 9.59 Å². The highest BCUT2D eigenvalue weighted by molar-refractivity contribution is 5.90. The van der Waals surface area contributed by atoms with Gasteiger partial charge in [0.15, 0.2) is 0 Å². The Kier molecular flexibility index (Phi) is 5.37. The Bertz CT molecular complexity index is 657. The summed E-state index contributed by atoms with van der Waals surface area (Å²) in [5, 5.41) is 3.55. The summed E-state index contributed by atoms with van der Waals surface area (Å²) in [5.74, 6) is 0.737. The molecule has 2 amide bonds. The fraction of sp³-hybridized carbons (Fsp3) is 0.636. The van der Waals surface area contributed by atoms with Crippen molar-refractivity contribution < 1.29 is 9.59 Å². The van der Waals surface area contributed by atoms with Gasteiger partial charge in [0, 0.05) is 37.8 Å². The second kappa shape index (κ2) is 7.91. The Morgan fingerprint density at radius 1 is 0.852 bits per heavy atom. The minimum atomic E-state index is -0.578. The average Bonchev–Trinajstić information content (AvgIpc) is 2.68. The monoisotopic (exact) mass is 369 g/mol. The van der Waals surface area contributed by atoms with E-state index in [-0.39, 0.29) is 11.8 Å². The van der Waals surface area contributed by atoms with Crippen LogP contribution in [-0.4, -0.2) is 53.3 Å². The van der Waals surface area contributed by atoms with E-state index in [1.54, 1.807) is 0 Å². The van der Waals surface area contributed by atoms with E-state index in [0.717, 1.165) is 38.0 Å². The summed E-state index contributed by atoms with van der Waals surface area (Å²) in [7, 11) is 0. The molecule has 3 aliphatic rings. The molecule has 1 aromatic carbocycles. The predicted molar refractivity (Wildman–Crippen MR) is 106 cm³/mol. The molecule has 0 aromatic heterocycles. The fourth-order valence-electron chi connectivity index (χ4n) is 4.73. The van der Waals surface area contributed by atoms with E-state index in [2.05, 4.69) is 5.32 Å². The number of carbonyl (C=O) groups excluding carboxylic acids is 2. The number of nitrogens with one attached hydrogen (secondary N) is 1. The number of nitrogens with zero attached hydrogens (tertiary/aromatic N) is 2. The number of amides is 2. The summed E-state index contributed by atoms with van der Waals surface area (Å²) in [4.78, 5) is 30.1. The molecule has 27 heavy (non-hydrogen) atoms. The third kappa shape index (κ3) is 3.83. The Labute approximate surface area is 162 Å². The van der Waals surface area contributed by atoms with Crippen molar-refractivity contribution >= 4 is 17.5 Å². The van der Waals surface area contributed by atoms with Crippen LogP contribution in [0.3, 0.4) is 0 Å². The number of piperidine rings is 1. The quantitative estimate of drug-likeness (QED) is 0.886. The van der Waals surface area contributed by atoms with Crippen molar-refractivity contribution in [3.05, 3.63) is 30.3 Å². The highest BCUT2D eigenvalue weighted by Gasteiger charge is 2.46. The molecule has 0 radical (unpaired) electrons. The SMILES string of the molecule is O=C(C1CCCCC1)N1CCC(Nc2ccccc2)(C(=O)N2CCC2)CC1. The second-order valence-corrected chi connectivity index (χ2v) is 8.38. The van der Waals surface area contributed by atoms with Crippen molar-refractivity contribution in [1.82, 2.24) is 9.80 Å². The zero-order chi connectivity index (χ0) is 18.7. The molecule has 1 aliphatic carbocycles. The van der Waals surface area contributed by atoms with Crippen LogP contribution in [-0.2, 0) is 9.59 Å². The van der Waals surface area contributed by atoms with Crippen LogP contribution in [0.5, 0.6) is 0 Å². The minimum absolute atomic E-state index is 0.208. The molecule has 146 valence electrons. The molecule has 2 aliphatic heterocycles. The van der Waals surface area contributed by atoms with Crippen LogP contribution < -0.4 is 5.32 Å². The van der Waals surface area contributed by atoms with Crippen LogP contribution in [0.2, 0.25) is 0 Å². The second-order valence-electron chi connectivity index (χ2n) is 8.38. The van der Waals surface area contributed by atoms with Gasteiger partial charge in [-0.25, -0.2) is 0 Å². The van der Waals surface area contributed by atoms with E-state index in [0.29, 0.717) is 31.8 Å². The molecule has 0 spiro atoms. The highest BCUT2D eigenvalue weighted by atomic mass is 16.2. The summed E-state index contributed by atoms with van der Waals surface area (Å²) >= 11 is 0. The van der Waals surface area contributed by atoms with Crippen LogP contribution in [0, 0.1) is 5.92 Å². The number of likely N-dealkylation sites (tertiary alicyclic amines) is 2. The topological polar surface area (TPSA) is 52.7 Å². The Balaban J connectivity index is 1.46. The minimum Gasteiger partial charge on any atom is -0.371 e. The van der Waals surface area contributed by atoms with Gasteiger partial charge in [-0.2, -0.15) is 0 Å². The Morgan fingerprint density at radius 2 is 1.52 bits per heavy atom. The number of carbonyl (C=O) groups is 2. The van der Waals surface area contributed by atoms with Gasteiger partial charge in [-0.3, -0.25) is 9.59 Å². The van der Waals surface area contributed by atoms with Crippen molar-refractivity contribution in [1.29, 1.82) is 0 Å².